The number of halogens is 1. The lowest BCUT2D eigenvalue weighted by molar-refractivity contribution is -0.116. The molecule has 0 aliphatic carbocycles. The van der Waals surface area contributed by atoms with Gasteiger partial charge in [-0.1, -0.05) is 30.3 Å². The summed E-state index contributed by atoms with van der Waals surface area (Å²) in [5.74, 6) is -1.29. The molecule has 1 aliphatic rings. The maximum Gasteiger partial charge on any atom is 0.339 e. The lowest BCUT2D eigenvalue weighted by atomic mass is 10.0. The van der Waals surface area contributed by atoms with Gasteiger partial charge in [-0.2, -0.15) is 0 Å². The number of methoxy groups -OCH3 is 1. The number of pyridine rings is 1. The van der Waals surface area contributed by atoms with Crippen molar-refractivity contribution in [2.24, 2.45) is 0 Å². The molecule has 2 N–H and O–H groups in total. The van der Waals surface area contributed by atoms with Crippen molar-refractivity contribution >= 4 is 34.9 Å². The number of hydrogen-bond acceptors (Lipinski definition) is 5. The molecule has 4 aromatic rings. The first-order chi connectivity index (χ1) is 19.0. The number of anilines is 1. The first kappa shape index (κ1) is 26.1. The zero-order valence-corrected chi connectivity index (χ0v) is 21.9. The van der Waals surface area contributed by atoms with Crippen LogP contribution in [0.5, 0.6) is 0 Å². The number of thiocarbonyl (C=S) groups is 1. The van der Waals surface area contributed by atoms with Gasteiger partial charge in [-0.3, -0.25) is 9.78 Å². The molecule has 0 unspecified atom stereocenters. The van der Waals surface area contributed by atoms with E-state index in [1.165, 1.54) is 19.2 Å². The molecule has 0 spiro atoms. The molecule has 2 aromatic heterocycles. The molecule has 39 heavy (non-hydrogen) atoms. The summed E-state index contributed by atoms with van der Waals surface area (Å²) >= 11 is 5.73. The number of nitrogens with one attached hydrogen (secondary N) is 2. The van der Waals surface area contributed by atoms with Crippen LogP contribution in [-0.2, 0) is 9.53 Å². The zero-order valence-electron chi connectivity index (χ0n) is 21.1. The molecule has 1 aliphatic heterocycles. The third-order valence-electron chi connectivity index (χ3n) is 6.58. The first-order valence-electron chi connectivity index (χ1n) is 12.4. The summed E-state index contributed by atoms with van der Waals surface area (Å²) in [5, 5.41) is 6.46. The Hall–Kier alpha value is -4.57. The number of rotatable bonds is 8. The SMILES string of the molecule is COC(=O)c1ccccc1-n1cccc1[C@H]1[C@H](c2ccccn2)NC(=S)N1CCC(=O)Nc1ccccc1F. The van der Waals surface area contributed by atoms with Crippen LogP contribution in [-0.4, -0.2) is 45.1 Å². The molecular formula is C29H26FN5O3S. The maximum absolute atomic E-state index is 14.1. The van der Waals surface area contributed by atoms with E-state index in [0.717, 1.165) is 11.4 Å². The Balaban J connectivity index is 1.49. The van der Waals surface area contributed by atoms with Crippen LogP contribution in [0.3, 0.4) is 0 Å². The number of ether oxygens (including phenoxy) is 1. The van der Waals surface area contributed by atoms with Crippen molar-refractivity contribution in [3.05, 3.63) is 114 Å². The Morgan fingerprint density at radius 2 is 1.82 bits per heavy atom. The fraction of sp³-hybridized carbons (Fsp3) is 0.172. The zero-order chi connectivity index (χ0) is 27.4. The number of benzene rings is 2. The van der Waals surface area contributed by atoms with Crippen molar-refractivity contribution in [1.82, 2.24) is 19.8 Å². The molecule has 0 radical (unpaired) electrons. The molecule has 1 saturated heterocycles. The number of hydrogen-bond donors (Lipinski definition) is 2. The quantitative estimate of drug-likeness (QED) is 0.244. The van der Waals surface area contributed by atoms with Gasteiger partial charge >= 0.3 is 5.97 Å². The highest BCUT2D eigenvalue weighted by molar-refractivity contribution is 7.80. The summed E-state index contributed by atoms with van der Waals surface area (Å²) in [6.45, 7) is 0.268. The summed E-state index contributed by atoms with van der Waals surface area (Å²) in [7, 11) is 1.35. The van der Waals surface area contributed by atoms with Crippen LogP contribution < -0.4 is 10.6 Å². The van der Waals surface area contributed by atoms with E-state index in [0.29, 0.717) is 16.4 Å². The minimum atomic E-state index is -0.501. The topological polar surface area (TPSA) is 88.5 Å². The van der Waals surface area contributed by atoms with Crippen molar-refractivity contribution in [3.8, 4) is 5.69 Å². The van der Waals surface area contributed by atoms with Gasteiger partial charge in [0.2, 0.25) is 5.91 Å². The normalized spacial score (nSPS) is 16.6. The summed E-state index contributed by atoms with van der Waals surface area (Å²) in [4.78, 5) is 31.8. The summed E-state index contributed by atoms with van der Waals surface area (Å²) in [6.07, 6.45) is 3.66. The number of nitrogens with zero attached hydrogens (tertiary/aromatic N) is 3. The van der Waals surface area contributed by atoms with E-state index in [-0.39, 0.29) is 36.6 Å². The summed E-state index contributed by atoms with van der Waals surface area (Å²) in [5.41, 5.74) is 2.80. The highest BCUT2D eigenvalue weighted by atomic mass is 32.1. The minimum Gasteiger partial charge on any atom is -0.465 e. The number of carbonyl (C=O) groups excluding carboxylic acids is 2. The largest absolute Gasteiger partial charge is 0.465 e. The number of esters is 1. The highest BCUT2D eigenvalue weighted by Gasteiger charge is 2.41. The molecule has 0 saturated carbocycles. The Labute approximate surface area is 230 Å². The molecule has 0 bridgehead atoms. The molecule has 2 atom stereocenters. The Morgan fingerprint density at radius 1 is 1.05 bits per heavy atom. The number of amides is 1. The molecule has 1 fully saturated rings. The van der Waals surface area contributed by atoms with Crippen molar-refractivity contribution in [2.75, 3.05) is 19.0 Å². The fourth-order valence-electron chi connectivity index (χ4n) is 4.79. The van der Waals surface area contributed by atoms with Gasteiger partial charge in [0, 0.05) is 31.1 Å². The molecule has 10 heteroatoms. The van der Waals surface area contributed by atoms with Crippen molar-refractivity contribution in [3.63, 3.8) is 0 Å². The van der Waals surface area contributed by atoms with Crippen molar-refractivity contribution < 1.29 is 18.7 Å². The van der Waals surface area contributed by atoms with Gasteiger partial charge in [0.15, 0.2) is 5.11 Å². The van der Waals surface area contributed by atoms with E-state index < -0.39 is 11.8 Å². The monoisotopic (exact) mass is 543 g/mol. The van der Waals surface area contributed by atoms with Gasteiger partial charge in [-0.15, -0.1) is 0 Å². The average Bonchev–Trinajstić information content (AvgIpc) is 3.57. The summed E-state index contributed by atoms with van der Waals surface area (Å²) in [6, 6.07) is 22.0. The first-order valence-corrected chi connectivity index (χ1v) is 12.8. The molecule has 5 rings (SSSR count). The predicted molar refractivity (Wildman–Crippen MR) is 149 cm³/mol. The van der Waals surface area contributed by atoms with Crippen LogP contribution in [0.2, 0.25) is 0 Å². The number of aromatic nitrogens is 2. The molecule has 1 amide bonds. The predicted octanol–water partition coefficient (Wildman–Crippen LogP) is 4.80. The van der Waals surface area contributed by atoms with E-state index in [1.807, 2.05) is 58.1 Å². The van der Waals surface area contributed by atoms with Crippen LogP contribution in [0, 0.1) is 5.82 Å². The van der Waals surface area contributed by atoms with Crippen LogP contribution in [0.25, 0.3) is 5.69 Å². The second-order valence-corrected chi connectivity index (χ2v) is 9.30. The van der Waals surface area contributed by atoms with Crippen LogP contribution in [0.15, 0.2) is 91.3 Å². The second-order valence-electron chi connectivity index (χ2n) is 8.91. The van der Waals surface area contributed by atoms with Gasteiger partial charge in [-0.25, -0.2) is 9.18 Å². The molecule has 198 valence electrons. The van der Waals surface area contributed by atoms with E-state index in [2.05, 4.69) is 15.6 Å². The van der Waals surface area contributed by atoms with Gasteiger partial charge in [-0.05, 0) is 60.7 Å². The fourth-order valence-corrected chi connectivity index (χ4v) is 5.12. The second kappa shape index (κ2) is 11.4. The highest BCUT2D eigenvalue weighted by Crippen LogP contribution is 2.40. The molecule has 8 nitrogen and oxygen atoms in total. The number of para-hydroxylation sites is 2. The minimum absolute atomic E-state index is 0.0705. The van der Waals surface area contributed by atoms with Crippen molar-refractivity contribution in [1.29, 1.82) is 0 Å². The van der Waals surface area contributed by atoms with Gasteiger partial charge in [0.25, 0.3) is 0 Å². The maximum atomic E-state index is 14.1. The van der Waals surface area contributed by atoms with Gasteiger partial charge in [0.1, 0.15) is 5.82 Å². The lowest BCUT2D eigenvalue weighted by Gasteiger charge is -2.29. The Bertz CT molecular complexity index is 1510. The van der Waals surface area contributed by atoms with Gasteiger partial charge in [0.05, 0.1) is 41.8 Å². The molecule has 3 heterocycles. The van der Waals surface area contributed by atoms with Crippen LogP contribution >= 0.6 is 12.2 Å². The van der Waals surface area contributed by atoms with E-state index in [1.54, 1.807) is 30.5 Å². The Morgan fingerprint density at radius 3 is 2.59 bits per heavy atom. The van der Waals surface area contributed by atoms with Crippen molar-refractivity contribution in [2.45, 2.75) is 18.5 Å². The Kier molecular flexibility index (Phi) is 7.64. The third-order valence-corrected chi connectivity index (χ3v) is 6.93. The molecular weight excluding hydrogens is 517 g/mol. The standard InChI is InChI=1S/C29H26FN5O3S/c1-38-28(37)19-9-2-5-13-23(19)34-17-8-14-24(34)27-26(22-12-6-7-16-31-22)33-29(39)35(27)18-15-25(36)32-21-11-4-3-10-20(21)30/h2-14,16-17,26-27H,15,18H2,1H3,(H,32,36)(H,33,39)/t26-,27-/m0/s1. The van der Waals surface area contributed by atoms with Crippen LogP contribution in [0.4, 0.5) is 10.1 Å². The average molecular weight is 544 g/mol. The smallest absolute Gasteiger partial charge is 0.339 e. The van der Waals surface area contributed by atoms with Crippen LogP contribution in [0.1, 0.15) is 40.3 Å². The lowest BCUT2D eigenvalue weighted by Crippen LogP contribution is -2.33. The third kappa shape index (κ3) is 5.37. The van der Waals surface area contributed by atoms with E-state index in [9.17, 15) is 14.0 Å². The van der Waals surface area contributed by atoms with E-state index in [4.69, 9.17) is 17.0 Å². The number of carbonyl (C=O) groups is 2. The molecule has 2 aromatic carbocycles. The van der Waals surface area contributed by atoms with E-state index >= 15 is 0 Å². The summed E-state index contributed by atoms with van der Waals surface area (Å²) < 4.78 is 21.0. The van der Waals surface area contributed by atoms with Gasteiger partial charge < -0.3 is 24.8 Å².